The third-order valence-electron chi connectivity index (χ3n) is 4.00. The van der Waals surface area contributed by atoms with Gasteiger partial charge in [0.25, 0.3) is 5.91 Å². The monoisotopic (exact) mass is 418 g/mol. The van der Waals surface area contributed by atoms with Crippen molar-refractivity contribution in [3.05, 3.63) is 65.2 Å². The molecule has 0 radical (unpaired) electrons. The first kappa shape index (κ1) is 23.1. The Morgan fingerprint density at radius 2 is 1.59 bits per heavy atom. The molecule has 0 spiro atoms. The van der Waals surface area contributed by atoms with Crippen LogP contribution >= 0.6 is 0 Å². The number of benzene rings is 2. The maximum absolute atomic E-state index is 12.5. The molecule has 0 aliphatic rings. The molecule has 7 heteroatoms. The van der Waals surface area contributed by atoms with E-state index in [0.717, 1.165) is 11.1 Å². The number of amides is 1. The molecule has 0 aliphatic heterocycles. The zero-order valence-corrected chi connectivity index (χ0v) is 18.5. The van der Waals surface area contributed by atoms with Crippen molar-refractivity contribution in [2.24, 2.45) is 0 Å². The second-order valence-electron chi connectivity index (χ2n) is 8.19. The molecule has 1 amide bonds. The van der Waals surface area contributed by atoms with Crippen LogP contribution in [0.5, 0.6) is 0 Å². The summed E-state index contributed by atoms with van der Waals surface area (Å²) in [4.78, 5) is 12.6. The normalized spacial score (nSPS) is 12.2. The van der Waals surface area contributed by atoms with Gasteiger partial charge in [-0.25, -0.2) is 13.1 Å². The van der Waals surface area contributed by atoms with E-state index in [0.29, 0.717) is 18.7 Å². The molecule has 2 aromatic carbocycles. The molecule has 6 nitrogen and oxygen atoms in total. The van der Waals surface area contributed by atoms with Crippen LogP contribution < -0.4 is 10.0 Å². The van der Waals surface area contributed by atoms with Crippen LogP contribution in [0, 0.1) is 0 Å². The minimum absolute atomic E-state index is 0.125. The van der Waals surface area contributed by atoms with Gasteiger partial charge in [-0.3, -0.25) is 4.79 Å². The van der Waals surface area contributed by atoms with Crippen LogP contribution in [0.1, 0.15) is 56.1 Å². The molecule has 2 aromatic rings. The molecule has 0 bridgehead atoms. The SMILES string of the molecule is CC(C)OCc1ccccc1CNC(=O)c1ccc(S(=O)(=O)NC(C)(C)C)cc1. The van der Waals surface area contributed by atoms with Gasteiger partial charge in [0.15, 0.2) is 0 Å². The van der Waals surface area contributed by atoms with Crippen molar-refractivity contribution in [1.29, 1.82) is 0 Å². The van der Waals surface area contributed by atoms with E-state index in [1.165, 1.54) is 24.3 Å². The summed E-state index contributed by atoms with van der Waals surface area (Å²) in [6.07, 6.45) is 0.125. The molecule has 0 saturated heterocycles. The molecular weight excluding hydrogens is 388 g/mol. The summed E-state index contributed by atoms with van der Waals surface area (Å²) in [6.45, 7) is 10.1. The number of nitrogens with one attached hydrogen (secondary N) is 2. The number of carbonyl (C=O) groups excluding carboxylic acids is 1. The van der Waals surface area contributed by atoms with Crippen molar-refractivity contribution < 1.29 is 17.9 Å². The molecule has 2 N–H and O–H groups in total. The van der Waals surface area contributed by atoms with Gasteiger partial charge < -0.3 is 10.1 Å². The average molecular weight is 419 g/mol. The molecule has 0 heterocycles. The fraction of sp³-hybridized carbons (Fsp3) is 0.409. The van der Waals surface area contributed by atoms with Gasteiger partial charge in [0, 0.05) is 17.6 Å². The van der Waals surface area contributed by atoms with E-state index in [1.54, 1.807) is 20.8 Å². The van der Waals surface area contributed by atoms with Gasteiger partial charge in [0.2, 0.25) is 10.0 Å². The third-order valence-corrected chi connectivity index (χ3v) is 5.77. The predicted octanol–water partition coefficient (Wildman–Crippen LogP) is 3.62. The minimum Gasteiger partial charge on any atom is -0.374 e. The van der Waals surface area contributed by atoms with Gasteiger partial charge >= 0.3 is 0 Å². The van der Waals surface area contributed by atoms with Crippen LogP contribution in [0.25, 0.3) is 0 Å². The highest BCUT2D eigenvalue weighted by atomic mass is 32.2. The molecule has 0 fully saturated rings. The van der Waals surface area contributed by atoms with E-state index in [9.17, 15) is 13.2 Å². The summed E-state index contributed by atoms with van der Waals surface area (Å²) in [6, 6.07) is 13.7. The number of sulfonamides is 1. The number of rotatable bonds is 8. The second kappa shape index (κ2) is 9.52. The van der Waals surface area contributed by atoms with Crippen molar-refractivity contribution in [2.45, 2.75) is 64.3 Å². The highest BCUT2D eigenvalue weighted by molar-refractivity contribution is 7.89. The summed E-state index contributed by atoms with van der Waals surface area (Å²) >= 11 is 0. The van der Waals surface area contributed by atoms with Gasteiger partial charge in [-0.1, -0.05) is 24.3 Å². The highest BCUT2D eigenvalue weighted by Gasteiger charge is 2.22. The van der Waals surface area contributed by atoms with Gasteiger partial charge in [0.05, 0.1) is 17.6 Å². The van der Waals surface area contributed by atoms with E-state index in [1.807, 2.05) is 38.1 Å². The number of carbonyl (C=O) groups is 1. The summed E-state index contributed by atoms with van der Waals surface area (Å²) in [5.41, 5.74) is 1.82. The Balaban J connectivity index is 2.04. The second-order valence-corrected chi connectivity index (χ2v) is 9.87. The van der Waals surface area contributed by atoms with Crippen LogP contribution in [-0.2, 0) is 27.9 Å². The van der Waals surface area contributed by atoms with E-state index >= 15 is 0 Å². The lowest BCUT2D eigenvalue weighted by atomic mass is 10.1. The first-order valence-electron chi connectivity index (χ1n) is 9.58. The Morgan fingerprint density at radius 3 is 2.14 bits per heavy atom. The van der Waals surface area contributed by atoms with Crippen LogP contribution in [-0.4, -0.2) is 26.0 Å². The minimum atomic E-state index is -3.63. The van der Waals surface area contributed by atoms with Crippen LogP contribution in [0.15, 0.2) is 53.4 Å². The number of ether oxygens (including phenoxy) is 1. The summed E-state index contributed by atoms with van der Waals surface area (Å²) in [7, 11) is -3.63. The molecule has 0 saturated carbocycles. The van der Waals surface area contributed by atoms with Crippen molar-refractivity contribution in [3.8, 4) is 0 Å². The van der Waals surface area contributed by atoms with Crippen molar-refractivity contribution in [2.75, 3.05) is 0 Å². The predicted molar refractivity (Wildman–Crippen MR) is 114 cm³/mol. The van der Waals surface area contributed by atoms with Crippen LogP contribution in [0.4, 0.5) is 0 Å². The zero-order valence-electron chi connectivity index (χ0n) is 17.7. The molecule has 0 aromatic heterocycles. The fourth-order valence-corrected chi connectivity index (χ4v) is 4.07. The van der Waals surface area contributed by atoms with E-state index in [2.05, 4.69) is 10.0 Å². The topological polar surface area (TPSA) is 84.5 Å². The van der Waals surface area contributed by atoms with Gasteiger partial charge in [-0.05, 0) is 70.0 Å². The maximum atomic E-state index is 12.5. The zero-order chi connectivity index (χ0) is 21.7. The lowest BCUT2D eigenvalue weighted by Crippen LogP contribution is -2.40. The average Bonchev–Trinajstić information content (AvgIpc) is 2.63. The molecule has 2 rings (SSSR count). The van der Waals surface area contributed by atoms with Crippen LogP contribution in [0.2, 0.25) is 0 Å². The first-order chi connectivity index (χ1) is 13.5. The standard InChI is InChI=1S/C22H30N2O4S/c1-16(2)28-15-19-9-7-6-8-18(19)14-23-21(25)17-10-12-20(13-11-17)29(26,27)24-22(3,4)5/h6-13,16,24H,14-15H2,1-5H3,(H,23,25). The Bertz CT molecular complexity index is 930. The Morgan fingerprint density at radius 1 is 1.00 bits per heavy atom. The summed E-state index contributed by atoms with van der Waals surface area (Å²) in [5.74, 6) is -0.266. The van der Waals surface area contributed by atoms with Gasteiger partial charge in [-0.15, -0.1) is 0 Å². The molecule has 0 aliphatic carbocycles. The number of hydrogen-bond acceptors (Lipinski definition) is 4. The molecule has 0 atom stereocenters. The van der Waals surface area contributed by atoms with Crippen LogP contribution in [0.3, 0.4) is 0 Å². The quantitative estimate of drug-likeness (QED) is 0.686. The van der Waals surface area contributed by atoms with Gasteiger partial charge in [-0.2, -0.15) is 0 Å². The lowest BCUT2D eigenvalue weighted by Gasteiger charge is -2.20. The summed E-state index contributed by atoms with van der Waals surface area (Å²) in [5, 5.41) is 2.88. The molecule has 0 unspecified atom stereocenters. The molecule has 158 valence electrons. The van der Waals surface area contributed by atoms with Crippen molar-refractivity contribution in [1.82, 2.24) is 10.0 Å². The van der Waals surface area contributed by atoms with E-state index in [4.69, 9.17) is 4.74 Å². The fourth-order valence-electron chi connectivity index (χ4n) is 2.65. The molecule has 29 heavy (non-hydrogen) atoms. The maximum Gasteiger partial charge on any atom is 0.251 e. The summed E-state index contributed by atoms with van der Waals surface area (Å²) < 4.78 is 33.0. The largest absolute Gasteiger partial charge is 0.374 e. The van der Waals surface area contributed by atoms with Crippen molar-refractivity contribution in [3.63, 3.8) is 0 Å². The molecular formula is C22H30N2O4S. The van der Waals surface area contributed by atoms with Gasteiger partial charge in [0.1, 0.15) is 0 Å². The number of hydrogen-bond donors (Lipinski definition) is 2. The Labute approximate surface area is 173 Å². The Hall–Kier alpha value is -2.22. The van der Waals surface area contributed by atoms with E-state index in [-0.39, 0.29) is 16.9 Å². The Kier molecular flexibility index (Phi) is 7.57. The highest BCUT2D eigenvalue weighted by Crippen LogP contribution is 2.15. The lowest BCUT2D eigenvalue weighted by molar-refractivity contribution is 0.0651. The van der Waals surface area contributed by atoms with Crippen molar-refractivity contribution >= 4 is 15.9 Å². The van der Waals surface area contributed by atoms with E-state index < -0.39 is 15.6 Å². The smallest absolute Gasteiger partial charge is 0.251 e. The third kappa shape index (κ3) is 7.27. The first-order valence-corrected chi connectivity index (χ1v) is 11.1.